The van der Waals surface area contributed by atoms with Crippen molar-refractivity contribution in [2.75, 3.05) is 13.7 Å². The van der Waals surface area contributed by atoms with Gasteiger partial charge in [0, 0.05) is 6.61 Å². The lowest BCUT2D eigenvalue weighted by molar-refractivity contribution is 0.0636. The van der Waals surface area contributed by atoms with E-state index in [1.165, 1.54) is 7.05 Å². The van der Waals surface area contributed by atoms with Crippen molar-refractivity contribution in [2.45, 2.75) is 13.3 Å². The van der Waals surface area contributed by atoms with Crippen LogP contribution in [0.2, 0.25) is 0 Å². The van der Waals surface area contributed by atoms with Gasteiger partial charge in [0.25, 0.3) is 0 Å². The van der Waals surface area contributed by atoms with Crippen LogP contribution < -0.4 is 5.73 Å². The lowest BCUT2D eigenvalue weighted by Crippen LogP contribution is -2.39. The third-order valence-corrected chi connectivity index (χ3v) is 1.09. The van der Waals surface area contributed by atoms with E-state index in [1.54, 1.807) is 6.92 Å². The van der Waals surface area contributed by atoms with Crippen LogP contribution in [0, 0.1) is 0 Å². The molecule has 0 aromatic heterocycles. The molecule has 10 heavy (non-hydrogen) atoms. The Morgan fingerprint density at radius 3 is 1.80 bits per heavy atom. The predicted molar refractivity (Wildman–Crippen MR) is 38.8 cm³/mol. The standard InChI is InChI=1S/C3H10O4Si.CH5N/c1-2-3-7-8(4,5)6;1-2/h4-6H,2-3H2,1H3;2H2,1H3. The molecule has 0 saturated carbocycles. The highest BCUT2D eigenvalue weighted by Gasteiger charge is 2.29. The molecule has 0 aliphatic rings. The Bertz CT molecular complexity index is 64.8. The molecule has 0 aliphatic carbocycles. The first-order valence-corrected chi connectivity index (χ1v) is 4.70. The van der Waals surface area contributed by atoms with E-state index in [4.69, 9.17) is 14.4 Å². The highest BCUT2D eigenvalue weighted by molar-refractivity contribution is 6.48. The van der Waals surface area contributed by atoms with E-state index in [1.807, 2.05) is 0 Å². The lowest BCUT2D eigenvalue weighted by atomic mass is 10.5. The van der Waals surface area contributed by atoms with Gasteiger partial charge in [-0.3, -0.25) is 0 Å². The van der Waals surface area contributed by atoms with Crippen molar-refractivity contribution in [3.63, 3.8) is 0 Å². The van der Waals surface area contributed by atoms with E-state index in [0.29, 0.717) is 6.42 Å². The van der Waals surface area contributed by atoms with Crippen LogP contribution in [0.3, 0.4) is 0 Å². The first kappa shape index (κ1) is 12.7. The molecule has 0 fully saturated rings. The summed E-state index contributed by atoms with van der Waals surface area (Å²) in [6.45, 7) is 2.00. The number of hydrogen-bond acceptors (Lipinski definition) is 5. The van der Waals surface area contributed by atoms with Crippen molar-refractivity contribution < 1.29 is 18.8 Å². The summed E-state index contributed by atoms with van der Waals surface area (Å²) >= 11 is 0. The largest absolute Gasteiger partial charge is 0.671 e. The molecule has 6 heteroatoms. The van der Waals surface area contributed by atoms with Gasteiger partial charge in [-0.1, -0.05) is 6.92 Å². The van der Waals surface area contributed by atoms with Crippen LogP contribution in [0.25, 0.3) is 0 Å². The highest BCUT2D eigenvalue weighted by atomic mass is 28.4. The minimum absolute atomic E-state index is 0.190. The number of hydrogen-bond donors (Lipinski definition) is 4. The van der Waals surface area contributed by atoms with Gasteiger partial charge >= 0.3 is 9.05 Å². The third-order valence-electron chi connectivity index (χ3n) is 0.500. The average Bonchev–Trinajstić information content (AvgIpc) is 1.87. The molecule has 0 spiro atoms. The Kier molecular flexibility index (Phi) is 9.03. The van der Waals surface area contributed by atoms with Gasteiger partial charge in [-0.15, -0.1) is 0 Å². The maximum atomic E-state index is 8.18. The van der Waals surface area contributed by atoms with Crippen LogP contribution >= 0.6 is 0 Å². The van der Waals surface area contributed by atoms with Crippen LogP contribution in [0.1, 0.15) is 13.3 Å². The molecular formula is C4H15NO4Si. The van der Waals surface area contributed by atoms with E-state index in [0.717, 1.165) is 0 Å². The van der Waals surface area contributed by atoms with Crippen LogP contribution in [0.15, 0.2) is 0 Å². The Morgan fingerprint density at radius 2 is 1.70 bits per heavy atom. The minimum atomic E-state index is -4.18. The quantitative estimate of drug-likeness (QED) is 0.382. The van der Waals surface area contributed by atoms with Gasteiger partial charge in [0.2, 0.25) is 0 Å². The highest BCUT2D eigenvalue weighted by Crippen LogP contribution is 1.89. The van der Waals surface area contributed by atoms with Crippen LogP contribution in [-0.2, 0) is 4.43 Å². The number of nitrogens with two attached hydrogens (primary N) is 1. The van der Waals surface area contributed by atoms with E-state index in [-0.39, 0.29) is 6.61 Å². The monoisotopic (exact) mass is 169 g/mol. The summed E-state index contributed by atoms with van der Waals surface area (Å²) in [5, 5.41) is 0. The number of rotatable bonds is 3. The smallest absolute Gasteiger partial charge is 0.368 e. The normalized spacial score (nSPS) is 10.2. The molecule has 64 valence electrons. The summed E-state index contributed by atoms with van der Waals surface area (Å²) in [5.74, 6) is 0. The minimum Gasteiger partial charge on any atom is -0.368 e. The summed E-state index contributed by atoms with van der Waals surface area (Å²) in [6.07, 6.45) is 0.663. The molecule has 0 unspecified atom stereocenters. The molecule has 0 heterocycles. The van der Waals surface area contributed by atoms with Crippen molar-refractivity contribution in [3.05, 3.63) is 0 Å². The van der Waals surface area contributed by atoms with E-state index in [2.05, 4.69) is 10.2 Å². The van der Waals surface area contributed by atoms with Crippen molar-refractivity contribution in [2.24, 2.45) is 5.73 Å². The van der Waals surface area contributed by atoms with Gasteiger partial charge in [0.1, 0.15) is 0 Å². The van der Waals surface area contributed by atoms with Gasteiger partial charge in [-0.25, -0.2) is 0 Å². The fourth-order valence-corrected chi connectivity index (χ4v) is 0.717. The first-order valence-electron chi connectivity index (χ1n) is 2.95. The summed E-state index contributed by atoms with van der Waals surface area (Å²) in [4.78, 5) is 24.5. The van der Waals surface area contributed by atoms with Crippen molar-refractivity contribution in [1.29, 1.82) is 0 Å². The van der Waals surface area contributed by atoms with Crippen LogP contribution in [-0.4, -0.2) is 37.1 Å². The van der Waals surface area contributed by atoms with Gasteiger partial charge < -0.3 is 24.5 Å². The van der Waals surface area contributed by atoms with Crippen molar-refractivity contribution >= 4 is 9.05 Å². The summed E-state index contributed by atoms with van der Waals surface area (Å²) in [7, 11) is -2.68. The summed E-state index contributed by atoms with van der Waals surface area (Å²) in [6, 6.07) is 0. The first-order chi connectivity index (χ1) is 4.56. The molecule has 0 amide bonds. The average molecular weight is 169 g/mol. The van der Waals surface area contributed by atoms with E-state index in [9.17, 15) is 0 Å². The zero-order valence-electron chi connectivity index (χ0n) is 6.24. The van der Waals surface area contributed by atoms with E-state index >= 15 is 0 Å². The van der Waals surface area contributed by atoms with Gasteiger partial charge in [0.05, 0.1) is 0 Å². The molecule has 0 radical (unpaired) electrons. The Labute approximate surface area is 61.6 Å². The second kappa shape index (κ2) is 7.13. The SMILES string of the molecule is CCCO[Si](O)(O)O.CN. The molecule has 0 saturated heterocycles. The molecule has 0 rings (SSSR count). The van der Waals surface area contributed by atoms with Crippen LogP contribution in [0.4, 0.5) is 0 Å². The maximum absolute atomic E-state index is 8.18. The predicted octanol–water partition coefficient (Wildman–Crippen LogP) is -1.60. The van der Waals surface area contributed by atoms with E-state index < -0.39 is 9.05 Å². The molecule has 0 bridgehead atoms. The van der Waals surface area contributed by atoms with Crippen molar-refractivity contribution in [1.82, 2.24) is 0 Å². The molecule has 0 atom stereocenters. The fraction of sp³-hybridized carbons (Fsp3) is 1.00. The maximum Gasteiger partial charge on any atom is 0.671 e. The second-order valence-electron chi connectivity index (χ2n) is 1.42. The van der Waals surface area contributed by atoms with Gasteiger partial charge in [-0.05, 0) is 13.5 Å². The second-order valence-corrected chi connectivity index (χ2v) is 2.86. The van der Waals surface area contributed by atoms with Crippen molar-refractivity contribution in [3.8, 4) is 0 Å². The zero-order valence-corrected chi connectivity index (χ0v) is 7.24. The van der Waals surface area contributed by atoms with Gasteiger partial charge in [-0.2, -0.15) is 0 Å². The van der Waals surface area contributed by atoms with Gasteiger partial charge in [0.15, 0.2) is 0 Å². The lowest BCUT2D eigenvalue weighted by Gasteiger charge is -2.07. The van der Waals surface area contributed by atoms with Crippen LogP contribution in [0.5, 0.6) is 0 Å². The fourth-order valence-electron chi connectivity index (χ4n) is 0.239. The Balaban J connectivity index is 0. The Hall–Kier alpha value is 0.0169. The third kappa shape index (κ3) is 15.7. The Morgan fingerprint density at radius 1 is 1.30 bits per heavy atom. The molecular weight excluding hydrogens is 154 g/mol. The topological polar surface area (TPSA) is 95.9 Å². The summed E-state index contributed by atoms with van der Waals surface area (Å²) in [5.41, 5.74) is 4.50. The summed E-state index contributed by atoms with van der Waals surface area (Å²) < 4.78 is 4.18. The molecule has 0 aliphatic heterocycles. The molecule has 5 nitrogen and oxygen atoms in total. The molecule has 5 N–H and O–H groups in total. The molecule has 0 aromatic rings. The molecule has 0 aromatic carbocycles. The zero-order chi connectivity index (χ0) is 8.62.